The fraction of sp³-hybridized carbons (Fsp3) is 0.211. The van der Waals surface area contributed by atoms with E-state index in [2.05, 4.69) is 15.2 Å². The van der Waals surface area contributed by atoms with Crippen LogP contribution in [0.2, 0.25) is 0 Å². The molecule has 0 bridgehead atoms. The standard InChI is InChI=1S/C19H16N4O2S/c1-26(24)15-7-5-14(6-8-15)23-11-20-16-9-4-13(10-17(16)23)19-22-21-18(25-19)12-2-3-12/h4-12H,2-3H2,1H3. The first kappa shape index (κ1) is 15.5. The third-order valence-corrected chi connectivity index (χ3v) is 5.54. The second kappa shape index (κ2) is 5.88. The Balaban J connectivity index is 1.56. The molecule has 0 spiro atoms. The quantitative estimate of drug-likeness (QED) is 0.552. The van der Waals surface area contributed by atoms with Gasteiger partial charge in [0.2, 0.25) is 11.8 Å². The highest BCUT2D eigenvalue weighted by molar-refractivity contribution is 7.84. The molecule has 0 aliphatic heterocycles. The van der Waals surface area contributed by atoms with Gasteiger partial charge in [-0.3, -0.25) is 8.78 Å². The van der Waals surface area contributed by atoms with Crippen LogP contribution in [0.3, 0.4) is 0 Å². The number of fused-ring (bicyclic) bond motifs is 1. The molecule has 6 nitrogen and oxygen atoms in total. The topological polar surface area (TPSA) is 73.8 Å². The second-order valence-electron chi connectivity index (χ2n) is 6.49. The normalized spacial score (nSPS) is 15.4. The van der Waals surface area contributed by atoms with Crippen LogP contribution in [0, 0.1) is 0 Å². The smallest absolute Gasteiger partial charge is 0.247 e. The number of imidazole rings is 1. The largest absolute Gasteiger partial charge is 0.420 e. The molecule has 1 unspecified atom stereocenters. The number of benzene rings is 2. The molecule has 2 aromatic heterocycles. The van der Waals surface area contributed by atoms with Gasteiger partial charge in [-0.1, -0.05) is 0 Å². The summed E-state index contributed by atoms with van der Waals surface area (Å²) in [5.41, 5.74) is 3.69. The lowest BCUT2D eigenvalue weighted by molar-refractivity contribution is 0.508. The lowest BCUT2D eigenvalue weighted by Crippen LogP contribution is -1.94. The van der Waals surface area contributed by atoms with E-state index in [9.17, 15) is 4.21 Å². The average molecular weight is 364 g/mol. The van der Waals surface area contributed by atoms with Crippen LogP contribution in [0.5, 0.6) is 0 Å². The Labute approximate surface area is 152 Å². The summed E-state index contributed by atoms with van der Waals surface area (Å²) in [6.45, 7) is 0. The molecule has 26 heavy (non-hydrogen) atoms. The molecule has 1 fully saturated rings. The van der Waals surface area contributed by atoms with Crippen molar-refractivity contribution in [3.63, 3.8) is 0 Å². The first-order valence-corrected chi connectivity index (χ1v) is 9.99. The van der Waals surface area contributed by atoms with Crippen molar-refractivity contribution in [3.05, 3.63) is 54.7 Å². The Kier molecular flexibility index (Phi) is 3.49. The van der Waals surface area contributed by atoms with Gasteiger partial charge < -0.3 is 4.42 Å². The van der Waals surface area contributed by atoms with Crippen LogP contribution in [0.25, 0.3) is 28.2 Å². The van der Waals surface area contributed by atoms with Gasteiger partial charge in [0.1, 0.15) is 6.33 Å². The predicted molar refractivity (Wildman–Crippen MR) is 98.7 cm³/mol. The molecule has 0 radical (unpaired) electrons. The maximum Gasteiger partial charge on any atom is 0.247 e. The Morgan fingerprint density at radius 1 is 1.12 bits per heavy atom. The van der Waals surface area contributed by atoms with Crippen LogP contribution >= 0.6 is 0 Å². The van der Waals surface area contributed by atoms with Crippen molar-refractivity contribution in [2.45, 2.75) is 23.7 Å². The fourth-order valence-electron chi connectivity index (χ4n) is 2.99. The molecule has 0 amide bonds. The number of rotatable bonds is 4. The summed E-state index contributed by atoms with van der Waals surface area (Å²) in [5, 5.41) is 8.35. The monoisotopic (exact) mass is 364 g/mol. The highest BCUT2D eigenvalue weighted by Crippen LogP contribution is 2.40. The minimum Gasteiger partial charge on any atom is -0.420 e. The predicted octanol–water partition coefficient (Wildman–Crippen LogP) is 3.69. The lowest BCUT2D eigenvalue weighted by atomic mass is 10.2. The Morgan fingerprint density at radius 2 is 1.92 bits per heavy atom. The first-order chi connectivity index (χ1) is 12.7. The van der Waals surface area contributed by atoms with Crippen molar-refractivity contribution in [2.75, 3.05) is 6.26 Å². The number of hydrogen-bond donors (Lipinski definition) is 0. The fourth-order valence-corrected chi connectivity index (χ4v) is 3.51. The minimum absolute atomic E-state index is 0.438. The zero-order chi connectivity index (χ0) is 17.7. The van der Waals surface area contributed by atoms with Gasteiger partial charge in [-0.15, -0.1) is 10.2 Å². The third kappa shape index (κ3) is 2.64. The molecular formula is C19H16N4O2S. The highest BCUT2D eigenvalue weighted by Gasteiger charge is 2.29. The molecule has 1 saturated carbocycles. The summed E-state index contributed by atoms with van der Waals surface area (Å²) in [6, 6.07) is 13.6. The molecule has 0 N–H and O–H groups in total. The Bertz CT molecular complexity index is 1130. The zero-order valence-electron chi connectivity index (χ0n) is 14.1. The minimum atomic E-state index is -0.989. The van der Waals surface area contributed by atoms with Crippen molar-refractivity contribution < 1.29 is 8.63 Å². The van der Waals surface area contributed by atoms with Crippen LogP contribution < -0.4 is 0 Å². The van der Waals surface area contributed by atoms with Gasteiger partial charge in [-0.2, -0.15) is 0 Å². The van der Waals surface area contributed by atoms with Crippen LogP contribution in [-0.2, 0) is 10.8 Å². The summed E-state index contributed by atoms with van der Waals surface area (Å²) in [7, 11) is -0.989. The van der Waals surface area contributed by atoms with E-state index in [1.807, 2.05) is 47.0 Å². The molecule has 1 aliphatic carbocycles. The molecule has 4 aromatic rings. The van der Waals surface area contributed by atoms with E-state index in [0.29, 0.717) is 11.8 Å². The Hall–Kier alpha value is -2.80. The number of nitrogens with zero attached hydrogens (tertiary/aromatic N) is 4. The van der Waals surface area contributed by atoms with E-state index in [4.69, 9.17) is 4.42 Å². The van der Waals surface area contributed by atoms with E-state index >= 15 is 0 Å². The van der Waals surface area contributed by atoms with Crippen molar-refractivity contribution in [1.82, 2.24) is 19.7 Å². The maximum absolute atomic E-state index is 11.6. The average Bonchev–Trinajstić information content (AvgIpc) is 3.24. The van der Waals surface area contributed by atoms with E-state index in [1.165, 1.54) is 0 Å². The Morgan fingerprint density at radius 3 is 2.65 bits per heavy atom. The molecule has 2 aromatic carbocycles. The van der Waals surface area contributed by atoms with Gasteiger partial charge >= 0.3 is 0 Å². The van der Waals surface area contributed by atoms with Crippen LogP contribution in [0.4, 0.5) is 0 Å². The molecule has 1 aliphatic rings. The van der Waals surface area contributed by atoms with Gasteiger partial charge in [-0.05, 0) is 55.3 Å². The summed E-state index contributed by atoms with van der Waals surface area (Å²) in [5.74, 6) is 1.71. The van der Waals surface area contributed by atoms with Crippen molar-refractivity contribution in [1.29, 1.82) is 0 Å². The van der Waals surface area contributed by atoms with Crippen molar-refractivity contribution in [2.24, 2.45) is 0 Å². The van der Waals surface area contributed by atoms with Gasteiger partial charge in [0.25, 0.3) is 0 Å². The first-order valence-electron chi connectivity index (χ1n) is 8.44. The van der Waals surface area contributed by atoms with E-state index in [0.717, 1.165) is 45.9 Å². The van der Waals surface area contributed by atoms with Crippen LogP contribution in [0.15, 0.2) is 58.1 Å². The number of hydrogen-bond acceptors (Lipinski definition) is 5. The van der Waals surface area contributed by atoms with Crippen molar-refractivity contribution in [3.8, 4) is 17.1 Å². The molecule has 7 heteroatoms. The highest BCUT2D eigenvalue weighted by atomic mass is 32.2. The SMILES string of the molecule is CS(=O)c1ccc(-n2cnc3ccc(-c4nnc(C5CC5)o4)cc32)cc1. The lowest BCUT2D eigenvalue weighted by Gasteiger charge is -2.06. The van der Waals surface area contributed by atoms with Gasteiger partial charge in [0.05, 0.1) is 11.0 Å². The van der Waals surface area contributed by atoms with Crippen LogP contribution in [-0.4, -0.2) is 30.2 Å². The van der Waals surface area contributed by atoms with Crippen LogP contribution in [0.1, 0.15) is 24.7 Å². The van der Waals surface area contributed by atoms with E-state index < -0.39 is 10.8 Å². The molecule has 130 valence electrons. The van der Waals surface area contributed by atoms with E-state index in [-0.39, 0.29) is 0 Å². The summed E-state index contributed by atoms with van der Waals surface area (Å²) in [4.78, 5) is 5.27. The number of aromatic nitrogens is 4. The molecular weight excluding hydrogens is 348 g/mol. The third-order valence-electron chi connectivity index (χ3n) is 4.61. The maximum atomic E-state index is 11.6. The second-order valence-corrected chi connectivity index (χ2v) is 7.87. The van der Waals surface area contributed by atoms with Crippen molar-refractivity contribution >= 4 is 21.8 Å². The zero-order valence-corrected chi connectivity index (χ0v) is 14.9. The van der Waals surface area contributed by atoms with E-state index in [1.54, 1.807) is 12.6 Å². The molecule has 1 atom stereocenters. The van der Waals surface area contributed by atoms with Gasteiger partial charge in [0.15, 0.2) is 0 Å². The summed E-state index contributed by atoms with van der Waals surface area (Å²) < 4.78 is 19.4. The summed E-state index contributed by atoms with van der Waals surface area (Å²) in [6.07, 6.45) is 5.72. The molecule has 5 rings (SSSR count). The van der Waals surface area contributed by atoms with Gasteiger partial charge in [-0.25, -0.2) is 4.98 Å². The molecule has 2 heterocycles. The summed E-state index contributed by atoms with van der Waals surface area (Å²) >= 11 is 0. The van der Waals surface area contributed by atoms with Gasteiger partial charge in [0, 0.05) is 39.1 Å². The molecule has 0 saturated heterocycles.